The van der Waals surface area contributed by atoms with Crippen LogP contribution < -0.4 is 10.1 Å². The van der Waals surface area contributed by atoms with Crippen molar-refractivity contribution in [1.29, 1.82) is 0 Å². The molecule has 124 valence electrons. The second kappa shape index (κ2) is 7.60. The SMILES string of the molecule is COc1ccc(S(=O)(=O)N(C)C)cc1NC(=O)CCC(C)C. The van der Waals surface area contributed by atoms with Crippen molar-refractivity contribution in [2.75, 3.05) is 26.5 Å². The number of methoxy groups -OCH3 is 1. The van der Waals surface area contributed by atoms with Gasteiger partial charge < -0.3 is 10.1 Å². The minimum atomic E-state index is -3.56. The number of anilines is 1. The van der Waals surface area contributed by atoms with E-state index in [0.717, 1.165) is 10.7 Å². The maximum Gasteiger partial charge on any atom is 0.242 e. The molecular weight excluding hydrogens is 304 g/mol. The van der Waals surface area contributed by atoms with Crippen LogP contribution in [0.5, 0.6) is 5.75 Å². The minimum absolute atomic E-state index is 0.109. The molecule has 0 aromatic heterocycles. The van der Waals surface area contributed by atoms with Crippen molar-refractivity contribution >= 4 is 21.6 Å². The molecule has 0 unspecified atom stereocenters. The molecule has 1 aromatic carbocycles. The van der Waals surface area contributed by atoms with Crippen LogP contribution in [0.1, 0.15) is 26.7 Å². The lowest BCUT2D eigenvalue weighted by atomic mass is 10.1. The molecule has 1 N–H and O–H groups in total. The van der Waals surface area contributed by atoms with Crippen LogP contribution in [0.3, 0.4) is 0 Å². The second-order valence-corrected chi connectivity index (χ2v) is 7.78. The van der Waals surface area contributed by atoms with Crippen molar-refractivity contribution in [2.45, 2.75) is 31.6 Å². The number of amides is 1. The summed E-state index contributed by atoms with van der Waals surface area (Å²) in [6.07, 6.45) is 1.15. The summed E-state index contributed by atoms with van der Waals surface area (Å²) in [7, 11) is 0.830. The van der Waals surface area contributed by atoms with Gasteiger partial charge in [0.15, 0.2) is 0 Å². The van der Waals surface area contributed by atoms with E-state index >= 15 is 0 Å². The fourth-order valence-electron chi connectivity index (χ4n) is 1.79. The highest BCUT2D eigenvalue weighted by molar-refractivity contribution is 7.89. The fraction of sp³-hybridized carbons (Fsp3) is 0.533. The number of sulfonamides is 1. The van der Waals surface area contributed by atoms with Crippen molar-refractivity contribution < 1.29 is 17.9 Å². The minimum Gasteiger partial charge on any atom is -0.495 e. The average Bonchev–Trinajstić information content (AvgIpc) is 2.44. The number of carbonyl (C=O) groups is 1. The predicted octanol–water partition coefficient (Wildman–Crippen LogP) is 2.32. The van der Waals surface area contributed by atoms with Gasteiger partial charge in [0.05, 0.1) is 17.7 Å². The van der Waals surface area contributed by atoms with E-state index in [-0.39, 0.29) is 10.8 Å². The van der Waals surface area contributed by atoms with Gasteiger partial charge in [-0.05, 0) is 30.5 Å². The highest BCUT2D eigenvalue weighted by Crippen LogP contribution is 2.28. The van der Waals surface area contributed by atoms with Crippen LogP contribution in [-0.2, 0) is 14.8 Å². The monoisotopic (exact) mass is 328 g/mol. The molecule has 0 radical (unpaired) electrons. The summed E-state index contributed by atoms with van der Waals surface area (Å²) in [5.41, 5.74) is 0.360. The van der Waals surface area contributed by atoms with Gasteiger partial charge in [-0.1, -0.05) is 13.8 Å². The third-order valence-electron chi connectivity index (χ3n) is 3.17. The zero-order chi connectivity index (χ0) is 16.9. The van der Waals surface area contributed by atoms with Gasteiger partial charge in [0, 0.05) is 20.5 Å². The van der Waals surface area contributed by atoms with Gasteiger partial charge in [0.25, 0.3) is 0 Å². The Bertz CT molecular complexity index is 624. The molecule has 0 aliphatic rings. The van der Waals surface area contributed by atoms with Crippen molar-refractivity contribution in [3.63, 3.8) is 0 Å². The quantitative estimate of drug-likeness (QED) is 0.833. The topological polar surface area (TPSA) is 75.7 Å². The molecule has 0 fully saturated rings. The summed E-state index contributed by atoms with van der Waals surface area (Å²) in [6, 6.07) is 4.41. The van der Waals surface area contributed by atoms with Crippen LogP contribution in [0.4, 0.5) is 5.69 Å². The molecule has 0 saturated heterocycles. The number of carbonyl (C=O) groups excluding carboxylic acids is 1. The third-order valence-corrected chi connectivity index (χ3v) is 4.98. The van der Waals surface area contributed by atoms with E-state index < -0.39 is 10.0 Å². The van der Waals surface area contributed by atoms with Gasteiger partial charge in [-0.3, -0.25) is 4.79 Å². The van der Waals surface area contributed by atoms with Crippen molar-refractivity contribution in [1.82, 2.24) is 4.31 Å². The van der Waals surface area contributed by atoms with Gasteiger partial charge in [-0.25, -0.2) is 12.7 Å². The van der Waals surface area contributed by atoms with Crippen molar-refractivity contribution in [3.8, 4) is 5.75 Å². The summed E-state index contributed by atoms with van der Waals surface area (Å²) in [5.74, 6) is 0.690. The van der Waals surface area contributed by atoms with Crippen LogP contribution in [0.15, 0.2) is 23.1 Å². The van der Waals surface area contributed by atoms with E-state index in [4.69, 9.17) is 4.74 Å². The zero-order valence-electron chi connectivity index (χ0n) is 13.7. The number of hydrogen-bond acceptors (Lipinski definition) is 4. The first-order valence-electron chi connectivity index (χ1n) is 7.09. The summed E-state index contributed by atoms with van der Waals surface area (Å²) in [4.78, 5) is 12.1. The predicted molar refractivity (Wildman–Crippen MR) is 86.6 cm³/mol. The Kier molecular flexibility index (Phi) is 6.37. The lowest BCUT2D eigenvalue weighted by molar-refractivity contribution is -0.116. The number of benzene rings is 1. The molecule has 0 spiro atoms. The van der Waals surface area contributed by atoms with Gasteiger partial charge in [0.2, 0.25) is 15.9 Å². The van der Waals surface area contributed by atoms with E-state index in [0.29, 0.717) is 23.8 Å². The van der Waals surface area contributed by atoms with Crippen LogP contribution in [0.25, 0.3) is 0 Å². The van der Waals surface area contributed by atoms with Crippen LogP contribution in [0.2, 0.25) is 0 Å². The number of hydrogen-bond donors (Lipinski definition) is 1. The van der Waals surface area contributed by atoms with Gasteiger partial charge in [-0.15, -0.1) is 0 Å². The Morgan fingerprint density at radius 1 is 1.32 bits per heavy atom. The maximum atomic E-state index is 12.2. The summed E-state index contributed by atoms with van der Waals surface area (Å²) >= 11 is 0. The van der Waals surface area contributed by atoms with E-state index in [1.54, 1.807) is 0 Å². The molecule has 22 heavy (non-hydrogen) atoms. The molecule has 0 bridgehead atoms. The summed E-state index contributed by atoms with van der Waals surface area (Å²) in [5, 5.41) is 2.72. The van der Waals surface area contributed by atoms with Crippen LogP contribution >= 0.6 is 0 Å². The summed E-state index contributed by atoms with van der Waals surface area (Å²) in [6.45, 7) is 4.08. The Balaban J connectivity index is 3.05. The molecule has 0 saturated carbocycles. The Morgan fingerprint density at radius 3 is 2.45 bits per heavy atom. The van der Waals surface area contributed by atoms with E-state index in [2.05, 4.69) is 5.32 Å². The smallest absolute Gasteiger partial charge is 0.242 e. The van der Waals surface area contributed by atoms with Gasteiger partial charge >= 0.3 is 0 Å². The van der Waals surface area contributed by atoms with Crippen LogP contribution in [0, 0.1) is 5.92 Å². The number of rotatable bonds is 7. The molecule has 6 nitrogen and oxygen atoms in total. The molecule has 0 aliphatic heterocycles. The first kappa shape index (κ1) is 18.4. The highest BCUT2D eigenvalue weighted by atomic mass is 32.2. The zero-order valence-corrected chi connectivity index (χ0v) is 14.5. The van der Waals surface area contributed by atoms with E-state index in [9.17, 15) is 13.2 Å². The first-order chi connectivity index (χ1) is 10.2. The Hall–Kier alpha value is -1.60. The standard InChI is InChI=1S/C15H24N2O4S/c1-11(2)6-9-15(18)16-13-10-12(7-8-14(13)21-5)22(19,20)17(3)4/h7-8,10-11H,6,9H2,1-5H3,(H,16,18). The molecule has 1 aromatic rings. The molecule has 1 amide bonds. The third kappa shape index (κ3) is 4.71. The largest absolute Gasteiger partial charge is 0.495 e. The summed E-state index contributed by atoms with van der Waals surface area (Å²) < 4.78 is 30.6. The Morgan fingerprint density at radius 2 is 1.95 bits per heavy atom. The molecule has 0 atom stereocenters. The second-order valence-electron chi connectivity index (χ2n) is 5.63. The van der Waals surface area contributed by atoms with E-state index in [1.807, 2.05) is 13.8 Å². The maximum absolute atomic E-state index is 12.2. The highest BCUT2D eigenvalue weighted by Gasteiger charge is 2.19. The fourth-order valence-corrected chi connectivity index (χ4v) is 2.72. The molecular formula is C15H24N2O4S. The van der Waals surface area contributed by atoms with Crippen molar-refractivity contribution in [2.24, 2.45) is 5.92 Å². The Labute approximate surface area is 132 Å². The molecule has 1 rings (SSSR count). The first-order valence-corrected chi connectivity index (χ1v) is 8.53. The molecule has 7 heteroatoms. The molecule has 0 aliphatic carbocycles. The van der Waals surface area contributed by atoms with Gasteiger partial charge in [-0.2, -0.15) is 0 Å². The average molecular weight is 328 g/mol. The number of nitrogens with one attached hydrogen (secondary N) is 1. The van der Waals surface area contributed by atoms with Gasteiger partial charge in [0.1, 0.15) is 5.75 Å². The number of nitrogens with zero attached hydrogens (tertiary/aromatic N) is 1. The molecule has 0 heterocycles. The van der Waals surface area contributed by atoms with Crippen molar-refractivity contribution in [3.05, 3.63) is 18.2 Å². The van der Waals surface area contributed by atoms with E-state index in [1.165, 1.54) is 39.4 Å². The normalized spacial score (nSPS) is 11.8. The lowest BCUT2D eigenvalue weighted by Crippen LogP contribution is -2.22. The number of ether oxygens (including phenoxy) is 1. The van der Waals surface area contributed by atoms with Crippen LogP contribution in [-0.4, -0.2) is 39.8 Å². The lowest BCUT2D eigenvalue weighted by Gasteiger charge is -2.15.